The van der Waals surface area contributed by atoms with Gasteiger partial charge in [0.1, 0.15) is 12.4 Å². The summed E-state index contributed by atoms with van der Waals surface area (Å²) < 4.78 is 16.5. The Balaban J connectivity index is 1.46. The van der Waals surface area contributed by atoms with Crippen LogP contribution in [0.5, 0.6) is 17.2 Å². The molecule has 0 atom stereocenters. The minimum atomic E-state index is -0.640. The van der Waals surface area contributed by atoms with Gasteiger partial charge in [0.05, 0.1) is 29.1 Å². The summed E-state index contributed by atoms with van der Waals surface area (Å²) in [5, 5.41) is 0.189. The van der Waals surface area contributed by atoms with Gasteiger partial charge in [0, 0.05) is 5.02 Å². The Labute approximate surface area is 227 Å². The van der Waals surface area contributed by atoms with Crippen molar-refractivity contribution in [2.24, 2.45) is 0 Å². The second-order valence-electron chi connectivity index (χ2n) is 7.93. The van der Waals surface area contributed by atoms with E-state index >= 15 is 0 Å². The van der Waals surface area contributed by atoms with Gasteiger partial charge in [0.15, 0.2) is 11.5 Å². The summed E-state index contributed by atoms with van der Waals surface area (Å²) in [6, 6.07) is 16.8. The fourth-order valence-corrected chi connectivity index (χ4v) is 4.71. The van der Waals surface area contributed by atoms with Crippen molar-refractivity contribution in [3.8, 4) is 17.2 Å². The van der Waals surface area contributed by atoms with Crippen molar-refractivity contribution in [2.45, 2.75) is 6.92 Å². The SMILES string of the molecule is COc1cc(/C=C2\SC(=O)N(CCOc3cccc(C)c3)C2=O)cc(Cl)c1OC(=O)c1ccc(Cl)cc1. The van der Waals surface area contributed by atoms with Gasteiger partial charge in [-0.25, -0.2) is 4.79 Å². The van der Waals surface area contributed by atoms with Gasteiger partial charge in [-0.15, -0.1) is 0 Å². The van der Waals surface area contributed by atoms with Crippen LogP contribution in [0.3, 0.4) is 0 Å². The molecule has 0 saturated carbocycles. The monoisotopic (exact) mass is 557 g/mol. The molecule has 37 heavy (non-hydrogen) atoms. The molecule has 0 spiro atoms. The molecule has 4 rings (SSSR count). The van der Waals surface area contributed by atoms with Crippen LogP contribution in [0.4, 0.5) is 4.79 Å². The van der Waals surface area contributed by atoms with Crippen molar-refractivity contribution in [3.05, 3.63) is 92.3 Å². The summed E-state index contributed by atoms with van der Waals surface area (Å²) in [6.45, 7) is 2.23. The van der Waals surface area contributed by atoms with E-state index in [1.165, 1.54) is 31.4 Å². The van der Waals surface area contributed by atoms with Crippen molar-refractivity contribution in [3.63, 3.8) is 0 Å². The third-order valence-corrected chi connectivity index (χ3v) is 6.71. The van der Waals surface area contributed by atoms with Crippen LogP contribution in [0.1, 0.15) is 21.5 Å². The first-order valence-corrected chi connectivity index (χ1v) is 12.6. The van der Waals surface area contributed by atoms with Crippen molar-refractivity contribution < 1.29 is 28.6 Å². The maximum atomic E-state index is 12.9. The number of benzene rings is 3. The first-order valence-electron chi connectivity index (χ1n) is 11.1. The fraction of sp³-hybridized carbons (Fsp3) is 0.148. The molecule has 1 fully saturated rings. The maximum absolute atomic E-state index is 12.9. The quantitative estimate of drug-likeness (QED) is 0.174. The largest absolute Gasteiger partial charge is 0.493 e. The molecular formula is C27H21Cl2NO6S. The molecule has 1 aliphatic rings. The molecule has 3 aromatic rings. The van der Waals surface area contributed by atoms with E-state index in [1.807, 2.05) is 31.2 Å². The molecule has 0 aliphatic carbocycles. The number of imide groups is 1. The van der Waals surface area contributed by atoms with E-state index in [9.17, 15) is 14.4 Å². The molecule has 190 valence electrons. The van der Waals surface area contributed by atoms with E-state index in [0.29, 0.717) is 16.3 Å². The number of carbonyl (C=O) groups is 3. The van der Waals surface area contributed by atoms with Crippen molar-refractivity contribution in [2.75, 3.05) is 20.3 Å². The number of hydrogen-bond donors (Lipinski definition) is 0. The lowest BCUT2D eigenvalue weighted by Crippen LogP contribution is -2.32. The number of aryl methyl sites for hydroxylation is 1. The highest BCUT2D eigenvalue weighted by Gasteiger charge is 2.35. The number of esters is 1. The molecule has 0 bridgehead atoms. The number of amides is 2. The summed E-state index contributed by atoms with van der Waals surface area (Å²) in [4.78, 5) is 39.2. The van der Waals surface area contributed by atoms with Crippen molar-refractivity contribution in [1.29, 1.82) is 0 Å². The van der Waals surface area contributed by atoms with Gasteiger partial charge in [-0.05, 0) is 84.4 Å². The second kappa shape index (κ2) is 11.7. The number of methoxy groups -OCH3 is 1. The third kappa shape index (κ3) is 6.46. The van der Waals surface area contributed by atoms with Gasteiger partial charge in [0.2, 0.25) is 0 Å². The molecule has 1 heterocycles. The van der Waals surface area contributed by atoms with Crippen LogP contribution in [0.2, 0.25) is 10.0 Å². The number of carbonyl (C=O) groups excluding carboxylic acids is 3. The van der Waals surface area contributed by atoms with Gasteiger partial charge in [-0.2, -0.15) is 0 Å². The molecule has 1 saturated heterocycles. The van der Waals surface area contributed by atoms with E-state index in [-0.39, 0.29) is 40.1 Å². The smallest absolute Gasteiger partial charge is 0.343 e. The predicted molar refractivity (Wildman–Crippen MR) is 144 cm³/mol. The molecule has 0 unspecified atom stereocenters. The number of thioether (sulfide) groups is 1. The Morgan fingerprint density at radius 1 is 1.05 bits per heavy atom. The molecule has 0 radical (unpaired) electrons. The average molecular weight is 558 g/mol. The van der Waals surface area contributed by atoms with Crippen molar-refractivity contribution >= 4 is 58.2 Å². The standard InChI is InChI=1S/C27H21Cl2NO6S/c1-16-4-3-5-20(12-16)35-11-10-30-25(31)23(37-27(30)33)15-17-13-21(29)24(22(14-17)34-2)36-26(32)18-6-8-19(28)9-7-18/h3-9,12-15H,10-11H2,1-2H3/b23-15-. The Morgan fingerprint density at radius 2 is 1.81 bits per heavy atom. The first-order chi connectivity index (χ1) is 17.7. The topological polar surface area (TPSA) is 82.1 Å². The highest BCUT2D eigenvalue weighted by Crippen LogP contribution is 2.39. The maximum Gasteiger partial charge on any atom is 0.343 e. The Hall–Kier alpha value is -3.46. The zero-order chi connectivity index (χ0) is 26.5. The zero-order valence-electron chi connectivity index (χ0n) is 19.8. The van der Waals surface area contributed by atoms with Crippen LogP contribution in [0.15, 0.2) is 65.6 Å². The normalized spacial score (nSPS) is 14.3. The Bertz CT molecular complexity index is 1390. The van der Waals surface area contributed by atoms with Gasteiger partial charge < -0.3 is 14.2 Å². The number of nitrogens with zero attached hydrogens (tertiary/aromatic N) is 1. The molecule has 10 heteroatoms. The lowest BCUT2D eigenvalue weighted by atomic mass is 10.1. The predicted octanol–water partition coefficient (Wildman–Crippen LogP) is 6.64. The van der Waals surface area contributed by atoms with Gasteiger partial charge in [0.25, 0.3) is 11.1 Å². The molecule has 2 amide bonds. The van der Waals surface area contributed by atoms with Crippen LogP contribution >= 0.6 is 35.0 Å². The number of halogens is 2. The van der Waals surface area contributed by atoms with Crippen LogP contribution in [-0.2, 0) is 4.79 Å². The number of rotatable bonds is 8. The molecule has 7 nitrogen and oxygen atoms in total. The van der Waals surface area contributed by atoms with Gasteiger partial charge in [-0.1, -0.05) is 35.3 Å². The summed E-state index contributed by atoms with van der Waals surface area (Å²) in [5.41, 5.74) is 1.83. The lowest BCUT2D eigenvalue weighted by Gasteiger charge is -2.13. The Kier molecular flexibility index (Phi) is 8.43. The van der Waals surface area contributed by atoms with Crippen LogP contribution in [0, 0.1) is 6.92 Å². The third-order valence-electron chi connectivity index (χ3n) is 5.27. The lowest BCUT2D eigenvalue weighted by molar-refractivity contribution is -0.123. The van der Waals surface area contributed by atoms with Crippen LogP contribution in [0.25, 0.3) is 6.08 Å². The Morgan fingerprint density at radius 3 is 2.51 bits per heavy atom. The molecule has 0 aromatic heterocycles. The second-order valence-corrected chi connectivity index (χ2v) is 9.77. The summed E-state index contributed by atoms with van der Waals surface area (Å²) in [5.74, 6) is -0.189. The molecule has 0 N–H and O–H groups in total. The van der Waals surface area contributed by atoms with Crippen LogP contribution in [-0.4, -0.2) is 42.3 Å². The molecular weight excluding hydrogens is 537 g/mol. The number of hydrogen-bond acceptors (Lipinski definition) is 7. The molecule has 1 aliphatic heterocycles. The summed E-state index contributed by atoms with van der Waals surface area (Å²) >= 11 is 13.1. The van der Waals surface area contributed by atoms with Crippen molar-refractivity contribution in [1.82, 2.24) is 4.90 Å². The van der Waals surface area contributed by atoms with E-state index in [1.54, 1.807) is 18.2 Å². The number of ether oxygens (including phenoxy) is 3. The average Bonchev–Trinajstić information content (AvgIpc) is 3.13. The summed E-state index contributed by atoms with van der Waals surface area (Å²) in [7, 11) is 1.40. The van der Waals surface area contributed by atoms with E-state index < -0.39 is 17.1 Å². The summed E-state index contributed by atoms with van der Waals surface area (Å²) in [6.07, 6.45) is 1.53. The minimum Gasteiger partial charge on any atom is -0.493 e. The highest BCUT2D eigenvalue weighted by molar-refractivity contribution is 8.18. The van der Waals surface area contributed by atoms with Crippen LogP contribution < -0.4 is 14.2 Å². The van der Waals surface area contributed by atoms with E-state index in [4.69, 9.17) is 37.4 Å². The highest BCUT2D eigenvalue weighted by atomic mass is 35.5. The van der Waals surface area contributed by atoms with Gasteiger partial charge in [-0.3, -0.25) is 14.5 Å². The first kappa shape index (κ1) is 26.6. The minimum absolute atomic E-state index is 0.0302. The fourth-order valence-electron chi connectivity index (χ4n) is 3.46. The van der Waals surface area contributed by atoms with E-state index in [2.05, 4.69) is 0 Å². The van der Waals surface area contributed by atoms with E-state index in [0.717, 1.165) is 22.2 Å². The molecule has 3 aromatic carbocycles. The van der Waals surface area contributed by atoms with Gasteiger partial charge >= 0.3 is 5.97 Å². The zero-order valence-corrected chi connectivity index (χ0v) is 22.2.